The zero-order valence-corrected chi connectivity index (χ0v) is 13.7. The predicted molar refractivity (Wildman–Crippen MR) is 84.9 cm³/mol. The summed E-state index contributed by atoms with van der Waals surface area (Å²) in [5, 5.41) is 1.03. The number of fused-ring (bicyclic) bond motifs is 1. The fourth-order valence-electron chi connectivity index (χ4n) is 2.34. The molecule has 0 aliphatic heterocycles. The van der Waals surface area contributed by atoms with Crippen LogP contribution in [0.2, 0.25) is 5.02 Å². The van der Waals surface area contributed by atoms with Gasteiger partial charge in [-0.2, -0.15) is 0 Å². The highest BCUT2D eigenvalue weighted by Gasteiger charge is 2.20. The van der Waals surface area contributed by atoms with Crippen molar-refractivity contribution in [3.05, 3.63) is 44.9 Å². The van der Waals surface area contributed by atoms with E-state index < -0.39 is 5.82 Å². The fraction of sp³-hybridized carbons (Fsp3) is 0.286. The highest BCUT2D eigenvalue weighted by molar-refractivity contribution is 7.11. The monoisotopic (exact) mass is 343 g/mol. The van der Waals surface area contributed by atoms with Crippen molar-refractivity contribution in [2.45, 2.75) is 25.8 Å². The van der Waals surface area contributed by atoms with Crippen LogP contribution in [-0.2, 0) is 5.88 Å². The molecule has 0 saturated heterocycles. The number of halogens is 3. The number of imidazole rings is 1. The van der Waals surface area contributed by atoms with Gasteiger partial charge in [-0.15, -0.1) is 22.9 Å². The third kappa shape index (κ3) is 2.54. The summed E-state index contributed by atoms with van der Waals surface area (Å²) in [6, 6.07) is 2.89. The van der Waals surface area contributed by atoms with Gasteiger partial charge < -0.3 is 4.57 Å². The Kier molecular flexibility index (Phi) is 3.90. The van der Waals surface area contributed by atoms with E-state index in [1.165, 1.54) is 6.07 Å². The minimum absolute atomic E-state index is 0.0380. The summed E-state index contributed by atoms with van der Waals surface area (Å²) in [5.74, 6) is 0.434. The molecule has 21 heavy (non-hydrogen) atoms. The van der Waals surface area contributed by atoms with Crippen LogP contribution in [0.1, 0.15) is 28.7 Å². The number of hydrogen-bond acceptors (Lipinski definition) is 3. The minimum Gasteiger partial charge on any atom is -0.317 e. The van der Waals surface area contributed by atoms with Gasteiger partial charge >= 0.3 is 0 Å². The van der Waals surface area contributed by atoms with Gasteiger partial charge in [-0.1, -0.05) is 11.6 Å². The molecule has 0 bridgehead atoms. The topological polar surface area (TPSA) is 30.7 Å². The lowest BCUT2D eigenvalue weighted by Crippen LogP contribution is -2.09. The molecule has 0 saturated carbocycles. The number of nitrogens with zero attached hydrogens (tertiary/aromatic N) is 3. The van der Waals surface area contributed by atoms with Gasteiger partial charge in [0.2, 0.25) is 0 Å². The van der Waals surface area contributed by atoms with E-state index in [0.717, 1.165) is 15.4 Å². The van der Waals surface area contributed by atoms with Gasteiger partial charge in [0.1, 0.15) is 16.6 Å². The van der Waals surface area contributed by atoms with E-state index in [-0.39, 0.29) is 16.9 Å². The van der Waals surface area contributed by atoms with E-state index in [4.69, 9.17) is 23.2 Å². The summed E-state index contributed by atoms with van der Waals surface area (Å²) in [5.41, 5.74) is 1.31. The Bertz CT molecular complexity index is 812. The molecule has 7 heteroatoms. The predicted octanol–water partition coefficient (Wildman–Crippen LogP) is 4.94. The van der Waals surface area contributed by atoms with Crippen molar-refractivity contribution in [2.75, 3.05) is 0 Å². The highest BCUT2D eigenvalue weighted by Crippen LogP contribution is 2.31. The summed E-state index contributed by atoms with van der Waals surface area (Å²) in [6.45, 7) is 4.03. The summed E-state index contributed by atoms with van der Waals surface area (Å²) >= 11 is 13.5. The van der Waals surface area contributed by atoms with E-state index >= 15 is 0 Å². The molecule has 3 nitrogen and oxygen atoms in total. The highest BCUT2D eigenvalue weighted by atomic mass is 35.5. The second-order valence-electron chi connectivity index (χ2n) is 4.77. The molecule has 0 amide bonds. The first-order valence-corrected chi connectivity index (χ1v) is 8.08. The van der Waals surface area contributed by atoms with Crippen LogP contribution in [0.3, 0.4) is 0 Å². The van der Waals surface area contributed by atoms with Crippen molar-refractivity contribution in [3.63, 3.8) is 0 Å². The lowest BCUT2D eigenvalue weighted by Gasteiger charge is -2.14. The number of aromatic nitrogens is 3. The molecule has 110 valence electrons. The normalized spacial score (nSPS) is 13.0. The molecule has 1 unspecified atom stereocenters. The Morgan fingerprint density at radius 3 is 2.81 bits per heavy atom. The van der Waals surface area contributed by atoms with Crippen molar-refractivity contribution in [2.24, 2.45) is 0 Å². The summed E-state index contributed by atoms with van der Waals surface area (Å²) < 4.78 is 15.6. The Labute approximate surface area is 135 Å². The average Bonchev–Trinajstić information content (AvgIpc) is 3.02. The fourth-order valence-corrected chi connectivity index (χ4v) is 3.51. The van der Waals surface area contributed by atoms with E-state index in [0.29, 0.717) is 11.3 Å². The van der Waals surface area contributed by atoms with Gasteiger partial charge in [-0.05, 0) is 19.9 Å². The molecule has 3 rings (SSSR count). The molecule has 2 heterocycles. The van der Waals surface area contributed by atoms with Gasteiger partial charge in [0.25, 0.3) is 0 Å². The van der Waals surface area contributed by atoms with Gasteiger partial charge in [0, 0.05) is 17.1 Å². The standard InChI is InChI=1S/C14H12Cl2FN3S/c1-7-6-18-14(21-7)8(2)20-12-3-9(16)10(17)4-11(12)19-13(20)5-15/h3-4,6,8H,5H2,1-2H3. The van der Waals surface area contributed by atoms with E-state index in [2.05, 4.69) is 9.97 Å². The third-order valence-electron chi connectivity index (χ3n) is 3.31. The number of alkyl halides is 1. The van der Waals surface area contributed by atoms with Crippen LogP contribution in [0, 0.1) is 12.7 Å². The third-order valence-corrected chi connectivity index (χ3v) is 4.92. The number of thiazole rings is 1. The van der Waals surface area contributed by atoms with Gasteiger partial charge in [-0.25, -0.2) is 14.4 Å². The van der Waals surface area contributed by atoms with Crippen LogP contribution >= 0.6 is 34.5 Å². The molecule has 0 aliphatic rings. The first-order chi connectivity index (χ1) is 10.0. The molecular weight excluding hydrogens is 332 g/mol. The summed E-state index contributed by atoms with van der Waals surface area (Å²) in [7, 11) is 0. The van der Waals surface area contributed by atoms with Crippen molar-refractivity contribution in [1.29, 1.82) is 0 Å². The van der Waals surface area contributed by atoms with Crippen LogP contribution in [0.5, 0.6) is 0 Å². The summed E-state index contributed by atoms with van der Waals surface area (Å²) in [4.78, 5) is 9.95. The quantitative estimate of drug-likeness (QED) is 0.630. The SMILES string of the molecule is Cc1cnc(C(C)n2c(CCl)nc3cc(F)c(Cl)cc32)s1. The van der Waals surface area contributed by atoms with Crippen LogP contribution in [0.15, 0.2) is 18.3 Å². The molecule has 0 spiro atoms. The van der Waals surface area contributed by atoms with Crippen molar-refractivity contribution in [3.8, 4) is 0 Å². The second-order valence-corrected chi connectivity index (χ2v) is 6.71. The summed E-state index contributed by atoms with van der Waals surface area (Å²) in [6.07, 6.45) is 1.84. The van der Waals surface area contributed by atoms with Gasteiger partial charge in [0.15, 0.2) is 0 Å². The zero-order valence-electron chi connectivity index (χ0n) is 11.4. The maximum absolute atomic E-state index is 13.6. The molecular formula is C14H12Cl2FN3S. The van der Waals surface area contributed by atoms with Crippen LogP contribution < -0.4 is 0 Å². The van der Waals surface area contributed by atoms with Crippen LogP contribution in [0.25, 0.3) is 11.0 Å². The zero-order chi connectivity index (χ0) is 15.1. The van der Waals surface area contributed by atoms with E-state index in [1.54, 1.807) is 17.4 Å². The largest absolute Gasteiger partial charge is 0.317 e. The smallest absolute Gasteiger partial charge is 0.144 e. The Morgan fingerprint density at radius 1 is 1.43 bits per heavy atom. The second kappa shape index (κ2) is 5.55. The van der Waals surface area contributed by atoms with Gasteiger partial charge in [0.05, 0.1) is 28.0 Å². The maximum atomic E-state index is 13.6. The first-order valence-electron chi connectivity index (χ1n) is 6.35. The first kappa shape index (κ1) is 14.8. The van der Waals surface area contributed by atoms with Crippen molar-refractivity contribution in [1.82, 2.24) is 14.5 Å². The lowest BCUT2D eigenvalue weighted by molar-refractivity contribution is 0.625. The molecule has 0 aliphatic carbocycles. The average molecular weight is 344 g/mol. The Hall–Kier alpha value is -1.17. The Balaban J connectivity index is 2.22. The molecule has 1 atom stereocenters. The number of rotatable bonds is 3. The number of aryl methyl sites for hydroxylation is 1. The number of benzene rings is 1. The van der Waals surface area contributed by atoms with Crippen molar-refractivity contribution >= 4 is 45.6 Å². The van der Waals surface area contributed by atoms with E-state index in [9.17, 15) is 4.39 Å². The Morgan fingerprint density at radius 2 is 2.19 bits per heavy atom. The van der Waals surface area contributed by atoms with E-state index in [1.807, 2.05) is 24.6 Å². The van der Waals surface area contributed by atoms with Gasteiger partial charge in [-0.3, -0.25) is 0 Å². The molecule has 1 aromatic carbocycles. The minimum atomic E-state index is -0.479. The molecule has 2 aromatic heterocycles. The number of hydrogen-bond donors (Lipinski definition) is 0. The molecule has 0 fully saturated rings. The van der Waals surface area contributed by atoms with Crippen LogP contribution in [0.4, 0.5) is 4.39 Å². The van der Waals surface area contributed by atoms with Crippen LogP contribution in [-0.4, -0.2) is 14.5 Å². The molecule has 0 radical (unpaired) electrons. The van der Waals surface area contributed by atoms with Crippen molar-refractivity contribution < 1.29 is 4.39 Å². The molecule has 0 N–H and O–H groups in total. The maximum Gasteiger partial charge on any atom is 0.144 e. The lowest BCUT2D eigenvalue weighted by atomic mass is 10.2. The molecule has 3 aromatic rings.